The second kappa shape index (κ2) is 5.40. The van der Waals surface area contributed by atoms with E-state index in [-0.39, 0.29) is 0 Å². The predicted molar refractivity (Wildman–Crippen MR) is 41.6 cm³/mol. The van der Waals surface area contributed by atoms with Crippen LogP contribution >= 0.6 is 0 Å². The Hall–Kier alpha value is -1.26. The number of ether oxygens (including phenoxy) is 2. The molecule has 0 aromatic rings. The Bertz CT molecular complexity index is 169. The van der Waals surface area contributed by atoms with E-state index >= 15 is 0 Å². The lowest BCUT2D eigenvalue weighted by Crippen LogP contribution is -2.40. The Labute approximate surface area is 71.0 Å². The van der Waals surface area contributed by atoms with E-state index in [0.717, 1.165) is 0 Å². The Morgan fingerprint density at radius 2 is 1.92 bits per heavy atom. The number of methoxy groups -OCH3 is 2. The first-order valence-corrected chi connectivity index (χ1v) is 3.58. The van der Waals surface area contributed by atoms with Gasteiger partial charge in [0.25, 0.3) is 0 Å². The van der Waals surface area contributed by atoms with Crippen molar-refractivity contribution >= 4 is 12.1 Å². The lowest BCUT2D eigenvalue weighted by atomic mass is 10.2. The summed E-state index contributed by atoms with van der Waals surface area (Å²) >= 11 is 0. The van der Waals surface area contributed by atoms with Crippen molar-refractivity contribution in [2.75, 3.05) is 14.2 Å². The fraction of sp³-hybridized carbons (Fsp3) is 0.714. The third-order valence-corrected chi connectivity index (χ3v) is 1.37. The van der Waals surface area contributed by atoms with Gasteiger partial charge in [0.1, 0.15) is 6.04 Å². The number of hydrogen-bond acceptors (Lipinski definition) is 4. The van der Waals surface area contributed by atoms with Crippen LogP contribution in [0.1, 0.15) is 13.3 Å². The highest BCUT2D eigenvalue weighted by Crippen LogP contribution is 1.93. The summed E-state index contributed by atoms with van der Waals surface area (Å²) in [7, 11) is 2.50. The summed E-state index contributed by atoms with van der Waals surface area (Å²) in [4.78, 5) is 21.6. The number of alkyl carbamates (subject to hydrolysis) is 1. The van der Waals surface area contributed by atoms with Crippen molar-refractivity contribution in [1.82, 2.24) is 5.32 Å². The van der Waals surface area contributed by atoms with Crippen LogP contribution in [0.4, 0.5) is 4.79 Å². The van der Waals surface area contributed by atoms with Gasteiger partial charge in [-0.25, -0.2) is 9.59 Å². The van der Waals surface area contributed by atoms with Crippen LogP contribution in [0, 0.1) is 0 Å². The monoisotopic (exact) mass is 175 g/mol. The van der Waals surface area contributed by atoms with Crippen LogP contribution < -0.4 is 5.32 Å². The normalized spacial score (nSPS) is 11.6. The van der Waals surface area contributed by atoms with Crippen molar-refractivity contribution in [3.05, 3.63) is 0 Å². The second-order valence-corrected chi connectivity index (χ2v) is 2.12. The number of amides is 1. The zero-order chi connectivity index (χ0) is 9.56. The van der Waals surface area contributed by atoms with Crippen molar-refractivity contribution in [2.45, 2.75) is 19.4 Å². The van der Waals surface area contributed by atoms with Gasteiger partial charge in [0.15, 0.2) is 0 Å². The SMILES string of the molecule is CC[C@H](NC(=O)OC)C(=O)OC. The van der Waals surface area contributed by atoms with E-state index < -0.39 is 18.1 Å². The highest BCUT2D eigenvalue weighted by molar-refractivity contribution is 5.81. The quantitative estimate of drug-likeness (QED) is 0.626. The highest BCUT2D eigenvalue weighted by Gasteiger charge is 2.18. The minimum absolute atomic E-state index is 0.470. The Kier molecular flexibility index (Phi) is 4.83. The second-order valence-electron chi connectivity index (χ2n) is 2.12. The standard InChI is InChI=1S/C7H13NO4/c1-4-5(6(9)11-2)8-7(10)12-3/h5H,4H2,1-3H3,(H,8,10)/t5-/m0/s1. The molecule has 12 heavy (non-hydrogen) atoms. The molecule has 0 spiro atoms. The summed E-state index contributed by atoms with van der Waals surface area (Å²) in [6, 6.07) is -0.623. The first kappa shape index (κ1) is 10.7. The number of rotatable bonds is 3. The van der Waals surface area contributed by atoms with Gasteiger partial charge in [-0.2, -0.15) is 0 Å². The summed E-state index contributed by atoms with van der Waals surface area (Å²) in [5.41, 5.74) is 0. The summed E-state index contributed by atoms with van der Waals surface area (Å²) in [5, 5.41) is 2.33. The molecule has 0 rings (SSSR count). The van der Waals surface area contributed by atoms with Crippen LogP contribution in [0.25, 0.3) is 0 Å². The lowest BCUT2D eigenvalue weighted by molar-refractivity contribution is -0.143. The van der Waals surface area contributed by atoms with Crippen molar-refractivity contribution in [3.63, 3.8) is 0 Å². The maximum atomic E-state index is 10.9. The van der Waals surface area contributed by atoms with Crippen molar-refractivity contribution < 1.29 is 19.1 Å². The van der Waals surface area contributed by atoms with E-state index in [4.69, 9.17) is 0 Å². The predicted octanol–water partition coefficient (Wildman–Crippen LogP) is 0.294. The van der Waals surface area contributed by atoms with Crippen molar-refractivity contribution in [2.24, 2.45) is 0 Å². The zero-order valence-corrected chi connectivity index (χ0v) is 7.42. The molecule has 0 unspecified atom stereocenters. The third kappa shape index (κ3) is 3.23. The topological polar surface area (TPSA) is 64.6 Å². The van der Waals surface area contributed by atoms with Gasteiger partial charge in [0.2, 0.25) is 0 Å². The maximum Gasteiger partial charge on any atom is 0.407 e. The lowest BCUT2D eigenvalue weighted by Gasteiger charge is -2.12. The molecule has 0 aromatic carbocycles. The van der Waals surface area contributed by atoms with E-state index in [9.17, 15) is 9.59 Å². The Balaban J connectivity index is 3.99. The Morgan fingerprint density at radius 3 is 2.25 bits per heavy atom. The summed E-state index contributed by atoms with van der Waals surface area (Å²) in [5.74, 6) is -0.470. The van der Waals surface area contributed by atoms with Gasteiger partial charge in [-0.1, -0.05) is 6.92 Å². The van der Waals surface area contributed by atoms with E-state index in [0.29, 0.717) is 6.42 Å². The summed E-state index contributed by atoms with van der Waals surface area (Å²) in [6.07, 6.45) is -0.158. The largest absolute Gasteiger partial charge is 0.467 e. The molecule has 0 aromatic heterocycles. The van der Waals surface area contributed by atoms with E-state index in [1.54, 1.807) is 6.92 Å². The highest BCUT2D eigenvalue weighted by atomic mass is 16.5. The van der Waals surface area contributed by atoms with Gasteiger partial charge in [0, 0.05) is 0 Å². The fourth-order valence-corrected chi connectivity index (χ4v) is 0.671. The molecule has 1 N–H and O–H groups in total. The van der Waals surface area contributed by atoms with Gasteiger partial charge in [-0.05, 0) is 6.42 Å². The first-order valence-electron chi connectivity index (χ1n) is 3.58. The zero-order valence-electron chi connectivity index (χ0n) is 7.42. The van der Waals surface area contributed by atoms with Gasteiger partial charge >= 0.3 is 12.1 Å². The fourth-order valence-electron chi connectivity index (χ4n) is 0.671. The van der Waals surface area contributed by atoms with Crippen LogP contribution in [0.2, 0.25) is 0 Å². The van der Waals surface area contributed by atoms with Gasteiger partial charge in [-0.3, -0.25) is 0 Å². The molecule has 0 radical (unpaired) electrons. The molecule has 1 amide bonds. The molecule has 0 saturated carbocycles. The first-order chi connectivity index (χ1) is 5.65. The van der Waals surface area contributed by atoms with Gasteiger partial charge in [0.05, 0.1) is 14.2 Å². The minimum Gasteiger partial charge on any atom is -0.467 e. The van der Waals surface area contributed by atoms with Crippen LogP contribution in [0.3, 0.4) is 0 Å². The molecule has 0 aliphatic rings. The van der Waals surface area contributed by atoms with Gasteiger partial charge in [-0.15, -0.1) is 0 Å². The number of carbonyl (C=O) groups is 2. The average molecular weight is 175 g/mol. The van der Waals surface area contributed by atoms with Crippen LogP contribution in [-0.2, 0) is 14.3 Å². The summed E-state index contributed by atoms with van der Waals surface area (Å²) < 4.78 is 8.76. The molecule has 5 nitrogen and oxygen atoms in total. The molecular formula is C7H13NO4. The average Bonchev–Trinajstić information content (AvgIpc) is 2.12. The van der Waals surface area contributed by atoms with E-state index in [1.165, 1.54) is 14.2 Å². The smallest absolute Gasteiger partial charge is 0.407 e. The Morgan fingerprint density at radius 1 is 1.33 bits per heavy atom. The molecule has 0 saturated heterocycles. The van der Waals surface area contributed by atoms with Crippen molar-refractivity contribution in [3.8, 4) is 0 Å². The molecule has 0 aliphatic heterocycles. The van der Waals surface area contributed by atoms with Crippen molar-refractivity contribution in [1.29, 1.82) is 0 Å². The third-order valence-electron chi connectivity index (χ3n) is 1.37. The number of carbonyl (C=O) groups excluding carboxylic acids is 2. The molecular weight excluding hydrogens is 162 g/mol. The molecule has 5 heteroatoms. The minimum atomic E-state index is -0.632. The van der Waals surface area contributed by atoms with Crippen LogP contribution in [-0.4, -0.2) is 32.3 Å². The molecule has 70 valence electrons. The number of esters is 1. The van der Waals surface area contributed by atoms with Crippen LogP contribution in [0.5, 0.6) is 0 Å². The van der Waals surface area contributed by atoms with Gasteiger partial charge < -0.3 is 14.8 Å². The maximum absolute atomic E-state index is 10.9. The summed E-state index contributed by atoms with van der Waals surface area (Å²) in [6.45, 7) is 1.76. The van der Waals surface area contributed by atoms with Crippen LogP contribution in [0.15, 0.2) is 0 Å². The van der Waals surface area contributed by atoms with E-state index in [1.807, 2.05) is 0 Å². The molecule has 0 fully saturated rings. The molecule has 0 heterocycles. The molecule has 0 aliphatic carbocycles. The number of hydrogen-bond donors (Lipinski definition) is 1. The molecule has 0 bridgehead atoms. The molecule has 1 atom stereocenters. The number of nitrogens with one attached hydrogen (secondary N) is 1. The van der Waals surface area contributed by atoms with E-state index in [2.05, 4.69) is 14.8 Å².